The van der Waals surface area contributed by atoms with E-state index in [4.69, 9.17) is 5.11 Å². The Morgan fingerprint density at radius 2 is 1.45 bits per heavy atom. The summed E-state index contributed by atoms with van der Waals surface area (Å²) >= 11 is 1.60. The molecule has 20 heavy (non-hydrogen) atoms. The van der Waals surface area contributed by atoms with Crippen molar-refractivity contribution >= 4 is 23.5 Å². The molecule has 0 aliphatic rings. The fourth-order valence-electron chi connectivity index (χ4n) is 1.56. The van der Waals surface area contributed by atoms with Crippen molar-refractivity contribution in [3.05, 3.63) is 72.3 Å². The second-order valence-electron chi connectivity index (χ2n) is 3.98. The van der Waals surface area contributed by atoms with Crippen LogP contribution in [0.2, 0.25) is 0 Å². The van der Waals surface area contributed by atoms with Crippen molar-refractivity contribution in [2.45, 2.75) is 9.79 Å². The molecule has 0 saturated carbocycles. The van der Waals surface area contributed by atoms with Gasteiger partial charge in [-0.05, 0) is 42.5 Å². The van der Waals surface area contributed by atoms with Gasteiger partial charge in [0.15, 0.2) is 5.78 Å². The molecule has 3 nitrogen and oxygen atoms in total. The van der Waals surface area contributed by atoms with E-state index in [0.717, 1.165) is 21.9 Å². The van der Waals surface area contributed by atoms with Gasteiger partial charge in [-0.3, -0.25) is 4.79 Å². The smallest absolute Gasteiger partial charge is 0.328 e. The van der Waals surface area contributed by atoms with Crippen LogP contribution in [0.3, 0.4) is 0 Å². The molecule has 4 heteroatoms. The molecule has 0 heterocycles. The van der Waals surface area contributed by atoms with Crippen molar-refractivity contribution in [1.29, 1.82) is 0 Å². The molecule has 2 rings (SSSR count). The predicted molar refractivity (Wildman–Crippen MR) is 78.1 cm³/mol. The average Bonchev–Trinajstić information content (AvgIpc) is 2.46. The van der Waals surface area contributed by atoms with Gasteiger partial charge in [0, 0.05) is 21.4 Å². The number of carboxylic acid groups (broad SMARTS) is 1. The van der Waals surface area contributed by atoms with Crippen LogP contribution in [0.5, 0.6) is 0 Å². The molecular weight excluding hydrogens is 272 g/mol. The van der Waals surface area contributed by atoms with Gasteiger partial charge in [0.1, 0.15) is 0 Å². The van der Waals surface area contributed by atoms with Crippen LogP contribution in [0.25, 0.3) is 0 Å². The van der Waals surface area contributed by atoms with Gasteiger partial charge >= 0.3 is 5.97 Å². The van der Waals surface area contributed by atoms with Crippen molar-refractivity contribution in [3.8, 4) is 0 Å². The molecule has 0 radical (unpaired) electrons. The maximum Gasteiger partial charge on any atom is 0.328 e. The van der Waals surface area contributed by atoms with E-state index in [1.165, 1.54) is 0 Å². The van der Waals surface area contributed by atoms with E-state index in [-0.39, 0.29) is 5.78 Å². The molecule has 0 atom stereocenters. The van der Waals surface area contributed by atoms with Crippen LogP contribution >= 0.6 is 11.8 Å². The minimum absolute atomic E-state index is 0.316. The molecule has 0 amide bonds. The van der Waals surface area contributed by atoms with Crippen LogP contribution in [-0.2, 0) is 4.79 Å². The zero-order valence-corrected chi connectivity index (χ0v) is 11.3. The summed E-state index contributed by atoms with van der Waals surface area (Å²) in [5, 5.41) is 8.48. The van der Waals surface area contributed by atoms with Gasteiger partial charge in [-0.25, -0.2) is 4.79 Å². The van der Waals surface area contributed by atoms with Crippen LogP contribution < -0.4 is 0 Å². The summed E-state index contributed by atoms with van der Waals surface area (Å²) in [6.45, 7) is 0. The Bertz CT molecular complexity index is 631. The third kappa shape index (κ3) is 4.10. The van der Waals surface area contributed by atoms with Gasteiger partial charge in [0.05, 0.1) is 0 Å². The summed E-state index contributed by atoms with van der Waals surface area (Å²) in [6.07, 6.45) is 1.90. The molecule has 1 N–H and O–H groups in total. The molecular formula is C16H12O3S. The molecule has 0 fully saturated rings. The largest absolute Gasteiger partial charge is 0.478 e. The zero-order chi connectivity index (χ0) is 14.4. The van der Waals surface area contributed by atoms with Gasteiger partial charge in [0.25, 0.3) is 0 Å². The lowest BCUT2D eigenvalue weighted by Crippen LogP contribution is -1.96. The van der Waals surface area contributed by atoms with E-state index >= 15 is 0 Å². The number of carbonyl (C=O) groups is 2. The van der Waals surface area contributed by atoms with Gasteiger partial charge in [-0.2, -0.15) is 0 Å². The van der Waals surface area contributed by atoms with Crippen LogP contribution in [0.1, 0.15) is 10.4 Å². The fourth-order valence-corrected chi connectivity index (χ4v) is 2.39. The van der Waals surface area contributed by atoms with E-state index in [1.807, 2.05) is 42.5 Å². The van der Waals surface area contributed by atoms with E-state index in [1.54, 1.807) is 23.9 Å². The standard InChI is InChI=1S/C16H12O3S/c17-15(10-11-16(18)19)12-6-8-14(9-7-12)20-13-4-2-1-3-5-13/h1-11H,(H,18,19)/b11-10+. The van der Waals surface area contributed by atoms with Crippen LogP contribution in [0, 0.1) is 0 Å². The number of rotatable bonds is 5. The molecule has 0 bridgehead atoms. The van der Waals surface area contributed by atoms with Crippen molar-refractivity contribution in [3.63, 3.8) is 0 Å². The Morgan fingerprint density at radius 3 is 2.05 bits per heavy atom. The highest BCUT2D eigenvalue weighted by atomic mass is 32.2. The first-order valence-corrected chi connectivity index (χ1v) is 6.75. The first-order chi connectivity index (χ1) is 9.65. The van der Waals surface area contributed by atoms with E-state index in [9.17, 15) is 9.59 Å². The Kier molecular flexibility index (Phi) is 4.74. The minimum atomic E-state index is -1.13. The Balaban J connectivity index is 2.07. The summed E-state index contributed by atoms with van der Waals surface area (Å²) in [4.78, 5) is 24.2. The molecule has 0 aliphatic heterocycles. The van der Waals surface area contributed by atoms with Crippen molar-refractivity contribution in [2.24, 2.45) is 0 Å². The number of hydrogen-bond acceptors (Lipinski definition) is 3. The Labute approximate surface area is 120 Å². The lowest BCUT2D eigenvalue weighted by molar-refractivity contribution is -0.131. The van der Waals surface area contributed by atoms with Crippen molar-refractivity contribution < 1.29 is 14.7 Å². The zero-order valence-electron chi connectivity index (χ0n) is 10.5. The fraction of sp³-hybridized carbons (Fsp3) is 0. The second-order valence-corrected chi connectivity index (χ2v) is 5.12. The normalized spacial score (nSPS) is 10.6. The third-order valence-corrected chi connectivity index (χ3v) is 3.51. The quantitative estimate of drug-likeness (QED) is 0.672. The predicted octanol–water partition coefficient (Wildman–Crippen LogP) is 3.66. The maximum atomic E-state index is 11.7. The first-order valence-electron chi connectivity index (χ1n) is 5.93. The van der Waals surface area contributed by atoms with Crippen molar-refractivity contribution in [1.82, 2.24) is 0 Å². The number of aliphatic carboxylic acids is 1. The lowest BCUT2D eigenvalue weighted by Gasteiger charge is -2.02. The summed E-state index contributed by atoms with van der Waals surface area (Å²) in [5.74, 6) is -1.45. The number of ketones is 1. The Morgan fingerprint density at radius 1 is 0.850 bits per heavy atom. The van der Waals surface area contributed by atoms with Gasteiger partial charge < -0.3 is 5.11 Å². The number of allylic oxidation sites excluding steroid dienone is 1. The second kappa shape index (κ2) is 6.73. The molecule has 100 valence electrons. The molecule has 0 aromatic heterocycles. The molecule has 2 aromatic rings. The summed E-state index contributed by atoms with van der Waals surface area (Å²) in [6, 6.07) is 17.0. The molecule has 2 aromatic carbocycles. The summed E-state index contributed by atoms with van der Waals surface area (Å²) in [5.41, 5.74) is 0.472. The van der Waals surface area contributed by atoms with Crippen LogP contribution in [0.15, 0.2) is 76.5 Å². The lowest BCUT2D eigenvalue weighted by atomic mass is 10.1. The first kappa shape index (κ1) is 14.1. The molecule has 0 spiro atoms. The summed E-state index contributed by atoms with van der Waals surface area (Å²) < 4.78 is 0. The average molecular weight is 284 g/mol. The monoisotopic (exact) mass is 284 g/mol. The third-order valence-electron chi connectivity index (χ3n) is 2.50. The topological polar surface area (TPSA) is 54.4 Å². The van der Waals surface area contributed by atoms with Crippen molar-refractivity contribution in [2.75, 3.05) is 0 Å². The highest BCUT2D eigenvalue weighted by Gasteiger charge is 2.03. The molecule has 0 aliphatic carbocycles. The number of carbonyl (C=O) groups excluding carboxylic acids is 1. The van der Waals surface area contributed by atoms with Gasteiger partial charge in [0.2, 0.25) is 0 Å². The van der Waals surface area contributed by atoms with Crippen LogP contribution in [0.4, 0.5) is 0 Å². The van der Waals surface area contributed by atoms with E-state index in [2.05, 4.69) is 0 Å². The number of carboxylic acids is 1. The Hall–Kier alpha value is -2.33. The SMILES string of the molecule is O=C(O)/C=C/C(=O)c1ccc(Sc2ccccc2)cc1. The van der Waals surface area contributed by atoms with Gasteiger partial charge in [-0.15, -0.1) is 0 Å². The van der Waals surface area contributed by atoms with Crippen LogP contribution in [-0.4, -0.2) is 16.9 Å². The molecule has 0 saturated heterocycles. The van der Waals surface area contributed by atoms with E-state index in [0.29, 0.717) is 5.56 Å². The maximum absolute atomic E-state index is 11.7. The summed E-state index contributed by atoms with van der Waals surface area (Å²) in [7, 11) is 0. The highest BCUT2D eigenvalue weighted by molar-refractivity contribution is 7.99. The minimum Gasteiger partial charge on any atom is -0.478 e. The number of benzene rings is 2. The number of hydrogen-bond donors (Lipinski definition) is 1. The molecule has 0 unspecified atom stereocenters. The van der Waals surface area contributed by atoms with E-state index < -0.39 is 5.97 Å². The highest BCUT2D eigenvalue weighted by Crippen LogP contribution is 2.27. The van der Waals surface area contributed by atoms with Gasteiger partial charge in [-0.1, -0.05) is 30.0 Å².